The number of benzene rings is 1. The average molecular weight is 279 g/mol. The second-order valence-electron chi connectivity index (χ2n) is 4.73. The van der Waals surface area contributed by atoms with Crippen LogP contribution in [0.1, 0.15) is 17.5 Å². The molecule has 1 atom stereocenters. The summed E-state index contributed by atoms with van der Waals surface area (Å²) in [6, 6.07) is 6.95. The van der Waals surface area contributed by atoms with E-state index in [9.17, 15) is 8.42 Å². The minimum Gasteiger partial charge on any atom is -0.316 e. The Bertz CT molecular complexity index is 619. The number of hydrogen-bond donors (Lipinski definition) is 1. The van der Waals surface area contributed by atoms with Crippen LogP contribution in [0.3, 0.4) is 0 Å². The standard InChI is InChI=1S/C13H17N3O2S/c1-10-3-4-11(8-14)7-13(10)19(17,18)16-6-5-12(9-16)15-2/h3-4,7,12,15H,5-6,9H2,1-2H3. The third-order valence-corrected chi connectivity index (χ3v) is 5.50. The van der Waals surface area contributed by atoms with E-state index < -0.39 is 10.0 Å². The topological polar surface area (TPSA) is 73.2 Å². The van der Waals surface area contributed by atoms with E-state index in [1.165, 1.54) is 10.4 Å². The molecule has 1 aromatic carbocycles. The Kier molecular flexibility index (Phi) is 3.90. The molecule has 1 aromatic rings. The summed E-state index contributed by atoms with van der Waals surface area (Å²) < 4.78 is 26.6. The van der Waals surface area contributed by atoms with E-state index in [-0.39, 0.29) is 10.9 Å². The van der Waals surface area contributed by atoms with Gasteiger partial charge in [-0.3, -0.25) is 0 Å². The van der Waals surface area contributed by atoms with Crippen molar-refractivity contribution < 1.29 is 8.42 Å². The lowest BCUT2D eigenvalue weighted by molar-refractivity contribution is 0.464. The largest absolute Gasteiger partial charge is 0.316 e. The molecular formula is C13H17N3O2S. The van der Waals surface area contributed by atoms with Crippen molar-refractivity contribution in [3.63, 3.8) is 0 Å². The van der Waals surface area contributed by atoms with Crippen molar-refractivity contribution in [2.75, 3.05) is 20.1 Å². The number of nitriles is 1. The maximum Gasteiger partial charge on any atom is 0.243 e. The van der Waals surface area contributed by atoms with Gasteiger partial charge >= 0.3 is 0 Å². The van der Waals surface area contributed by atoms with Crippen molar-refractivity contribution in [3.8, 4) is 6.07 Å². The molecule has 0 bridgehead atoms. The predicted molar refractivity (Wildman–Crippen MR) is 72.1 cm³/mol. The molecule has 0 aliphatic carbocycles. The molecule has 0 amide bonds. The first-order valence-electron chi connectivity index (χ1n) is 6.17. The second kappa shape index (κ2) is 5.29. The van der Waals surface area contributed by atoms with Crippen LogP contribution < -0.4 is 5.32 Å². The molecule has 1 aliphatic heterocycles. The van der Waals surface area contributed by atoms with Crippen molar-refractivity contribution in [3.05, 3.63) is 29.3 Å². The number of sulfonamides is 1. The minimum absolute atomic E-state index is 0.203. The molecule has 19 heavy (non-hydrogen) atoms. The Morgan fingerprint density at radius 2 is 2.21 bits per heavy atom. The molecule has 1 N–H and O–H groups in total. The maximum absolute atomic E-state index is 12.6. The van der Waals surface area contributed by atoms with Gasteiger partial charge in [0.25, 0.3) is 0 Å². The van der Waals surface area contributed by atoms with Gasteiger partial charge in [-0.2, -0.15) is 9.57 Å². The van der Waals surface area contributed by atoms with E-state index >= 15 is 0 Å². The molecule has 1 saturated heterocycles. The highest BCUT2D eigenvalue weighted by Gasteiger charge is 2.32. The quantitative estimate of drug-likeness (QED) is 0.890. The molecule has 0 spiro atoms. The van der Waals surface area contributed by atoms with Gasteiger partial charge in [-0.05, 0) is 38.1 Å². The lowest BCUT2D eigenvalue weighted by Gasteiger charge is -2.18. The van der Waals surface area contributed by atoms with E-state index in [0.717, 1.165) is 6.42 Å². The summed E-state index contributed by atoms with van der Waals surface area (Å²) in [5.74, 6) is 0. The molecule has 1 unspecified atom stereocenters. The number of rotatable bonds is 3. The monoisotopic (exact) mass is 279 g/mol. The maximum atomic E-state index is 12.6. The zero-order valence-electron chi connectivity index (χ0n) is 11.0. The van der Waals surface area contributed by atoms with Gasteiger partial charge < -0.3 is 5.32 Å². The molecule has 6 heteroatoms. The van der Waals surface area contributed by atoms with Crippen LogP contribution in [-0.4, -0.2) is 38.9 Å². The fourth-order valence-electron chi connectivity index (χ4n) is 2.27. The van der Waals surface area contributed by atoms with Gasteiger partial charge in [0.15, 0.2) is 0 Å². The number of hydrogen-bond acceptors (Lipinski definition) is 4. The van der Waals surface area contributed by atoms with Crippen LogP contribution in [0.15, 0.2) is 23.1 Å². The smallest absolute Gasteiger partial charge is 0.243 e. The summed E-state index contributed by atoms with van der Waals surface area (Å²) >= 11 is 0. The molecule has 0 aromatic heterocycles. The number of likely N-dealkylation sites (N-methyl/N-ethyl adjacent to an activating group) is 1. The van der Waals surface area contributed by atoms with Gasteiger partial charge in [-0.25, -0.2) is 8.42 Å². The second-order valence-corrected chi connectivity index (χ2v) is 6.64. The Morgan fingerprint density at radius 3 is 2.79 bits per heavy atom. The lowest BCUT2D eigenvalue weighted by Crippen LogP contribution is -2.33. The number of nitrogens with zero attached hydrogens (tertiary/aromatic N) is 2. The zero-order chi connectivity index (χ0) is 14.0. The summed E-state index contributed by atoms with van der Waals surface area (Å²) in [7, 11) is -1.67. The van der Waals surface area contributed by atoms with Gasteiger partial charge in [0.05, 0.1) is 16.5 Å². The van der Waals surface area contributed by atoms with E-state index in [1.807, 2.05) is 13.1 Å². The predicted octanol–water partition coefficient (Wildman–Crippen LogP) is 0.849. The highest BCUT2D eigenvalue weighted by Crippen LogP contribution is 2.24. The summed E-state index contributed by atoms with van der Waals surface area (Å²) in [6.07, 6.45) is 0.812. The van der Waals surface area contributed by atoms with Gasteiger partial charge in [-0.1, -0.05) is 6.07 Å². The van der Waals surface area contributed by atoms with Crippen LogP contribution in [0.4, 0.5) is 0 Å². The molecule has 5 nitrogen and oxygen atoms in total. The number of nitrogens with one attached hydrogen (secondary N) is 1. The first kappa shape index (κ1) is 14.0. The molecule has 0 saturated carbocycles. The third kappa shape index (κ3) is 2.63. The normalized spacial score (nSPS) is 20.4. The molecule has 1 fully saturated rings. The highest BCUT2D eigenvalue weighted by molar-refractivity contribution is 7.89. The summed E-state index contributed by atoms with van der Waals surface area (Å²) in [5.41, 5.74) is 1.04. The van der Waals surface area contributed by atoms with Crippen LogP contribution in [0.5, 0.6) is 0 Å². The van der Waals surface area contributed by atoms with Crippen molar-refractivity contribution >= 4 is 10.0 Å². The summed E-state index contributed by atoms with van der Waals surface area (Å²) in [5, 5.41) is 12.0. The Labute approximate surface area is 113 Å². The highest BCUT2D eigenvalue weighted by atomic mass is 32.2. The lowest BCUT2D eigenvalue weighted by atomic mass is 10.2. The fourth-order valence-corrected chi connectivity index (χ4v) is 4.02. The van der Waals surface area contributed by atoms with Gasteiger partial charge in [-0.15, -0.1) is 0 Å². The van der Waals surface area contributed by atoms with E-state index in [2.05, 4.69) is 5.32 Å². The molecule has 1 aliphatic rings. The minimum atomic E-state index is -3.50. The molecule has 2 rings (SSSR count). The fraction of sp³-hybridized carbons (Fsp3) is 0.462. The summed E-state index contributed by atoms with van der Waals surface area (Å²) in [4.78, 5) is 0.239. The average Bonchev–Trinajstić information content (AvgIpc) is 2.88. The Balaban J connectivity index is 2.38. The van der Waals surface area contributed by atoms with Gasteiger partial charge in [0.2, 0.25) is 10.0 Å². The Morgan fingerprint density at radius 1 is 1.47 bits per heavy atom. The third-order valence-electron chi connectivity index (χ3n) is 3.49. The zero-order valence-corrected chi connectivity index (χ0v) is 11.9. The first-order valence-corrected chi connectivity index (χ1v) is 7.61. The van der Waals surface area contributed by atoms with Crippen molar-refractivity contribution in [1.29, 1.82) is 5.26 Å². The van der Waals surface area contributed by atoms with Crippen molar-refractivity contribution in [2.24, 2.45) is 0 Å². The van der Waals surface area contributed by atoms with Gasteiger partial charge in [0, 0.05) is 19.1 Å². The van der Waals surface area contributed by atoms with Crippen LogP contribution in [0.25, 0.3) is 0 Å². The molecule has 1 heterocycles. The van der Waals surface area contributed by atoms with Crippen molar-refractivity contribution in [2.45, 2.75) is 24.3 Å². The van der Waals surface area contributed by atoms with Gasteiger partial charge in [0.1, 0.15) is 0 Å². The van der Waals surface area contributed by atoms with Crippen LogP contribution in [-0.2, 0) is 10.0 Å². The van der Waals surface area contributed by atoms with Crippen LogP contribution in [0, 0.1) is 18.3 Å². The first-order chi connectivity index (χ1) is 8.98. The molecule has 0 radical (unpaired) electrons. The molecule has 102 valence electrons. The van der Waals surface area contributed by atoms with E-state index in [1.54, 1.807) is 19.1 Å². The SMILES string of the molecule is CNC1CCN(S(=O)(=O)c2cc(C#N)ccc2C)C1. The number of aryl methyl sites for hydroxylation is 1. The van der Waals surface area contributed by atoms with E-state index in [4.69, 9.17) is 5.26 Å². The van der Waals surface area contributed by atoms with Crippen molar-refractivity contribution in [1.82, 2.24) is 9.62 Å². The molecular weight excluding hydrogens is 262 g/mol. The van der Waals surface area contributed by atoms with Crippen LogP contribution >= 0.6 is 0 Å². The Hall–Kier alpha value is -1.42. The summed E-state index contributed by atoms with van der Waals surface area (Å²) in [6.45, 7) is 2.75. The van der Waals surface area contributed by atoms with Crippen LogP contribution in [0.2, 0.25) is 0 Å². The van der Waals surface area contributed by atoms with E-state index in [0.29, 0.717) is 24.2 Å².